The molecule has 0 aliphatic carbocycles. The van der Waals surface area contributed by atoms with Crippen LogP contribution in [-0.2, 0) is 4.74 Å². The maximum absolute atomic E-state index is 12.9. The summed E-state index contributed by atoms with van der Waals surface area (Å²) in [6.45, 7) is 2.63. The maximum atomic E-state index is 12.9. The second-order valence-corrected chi connectivity index (χ2v) is 7.71. The number of para-hydroxylation sites is 1. The molecule has 2 aromatic carbocycles. The highest BCUT2D eigenvalue weighted by molar-refractivity contribution is 6.11. The molecule has 1 amide bonds. The minimum Gasteiger partial charge on any atom is -0.462 e. The number of benzene rings is 2. The van der Waals surface area contributed by atoms with Crippen LogP contribution in [0.2, 0.25) is 0 Å². The molecule has 0 atom stereocenters. The van der Waals surface area contributed by atoms with Crippen LogP contribution >= 0.6 is 0 Å². The Kier molecular flexibility index (Phi) is 10.7. The van der Waals surface area contributed by atoms with E-state index >= 15 is 0 Å². The summed E-state index contributed by atoms with van der Waals surface area (Å²) in [6.07, 6.45) is 10.9. The fourth-order valence-electron chi connectivity index (χ4n) is 3.45. The summed E-state index contributed by atoms with van der Waals surface area (Å²) in [5.74, 6) is -0.656. The normalized spacial score (nSPS) is 10.6. The zero-order valence-corrected chi connectivity index (χ0v) is 18.4. The molecule has 0 aliphatic heterocycles. The molecule has 162 valence electrons. The standard InChI is InChI=1S/C26H35NO3/c1-3-4-5-6-7-8-9-10-16-21-30-26(29)24-20-15-14-19-23(24)25(28)27(2)22-17-12-11-13-18-22/h11-15,17-20H,3-10,16,21H2,1-2H3. The first-order valence-electron chi connectivity index (χ1n) is 11.2. The lowest BCUT2D eigenvalue weighted by Crippen LogP contribution is -2.28. The molecule has 0 heterocycles. The van der Waals surface area contributed by atoms with Crippen molar-refractivity contribution in [3.63, 3.8) is 0 Å². The molecule has 2 aromatic rings. The van der Waals surface area contributed by atoms with Gasteiger partial charge in [0.2, 0.25) is 0 Å². The third-order valence-electron chi connectivity index (χ3n) is 5.31. The molecular formula is C26H35NO3. The van der Waals surface area contributed by atoms with Crippen molar-refractivity contribution in [1.82, 2.24) is 0 Å². The van der Waals surface area contributed by atoms with Crippen molar-refractivity contribution >= 4 is 17.6 Å². The van der Waals surface area contributed by atoms with Gasteiger partial charge < -0.3 is 9.64 Å². The van der Waals surface area contributed by atoms with Gasteiger partial charge in [-0.05, 0) is 30.7 Å². The number of ether oxygens (including phenoxy) is 1. The molecule has 4 nitrogen and oxygen atoms in total. The summed E-state index contributed by atoms with van der Waals surface area (Å²) in [5, 5.41) is 0. The second kappa shape index (κ2) is 13.6. The van der Waals surface area contributed by atoms with Crippen molar-refractivity contribution < 1.29 is 14.3 Å². The molecule has 4 heteroatoms. The minimum absolute atomic E-state index is 0.225. The number of esters is 1. The van der Waals surface area contributed by atoms with Crippen LogP contribution in [0.1, 0.15) is 85.4 Å². The van der Waals surface area contributed by atoms with Gasteiger partial charge in [0, 0.05) is 12.7 Å². The molecule has 2 rings (SSSR count). The Labute approximate surface area is 181 Å². The van der Waals surface area contributed by atoms with Crippen molar-refractivity contribution in [2.24, 2.45) is 0 Å². The first-order chi connectivity index (χ1) is 14.6. The Bertz CT molecular complexity index is 773. The highest BCUT2D eigenvalue weighted by atomic mass is 16.5. The Morgan fingerprint density at radius 2 is 1.27 bits per heavy atom. The van der Waals surface area contributed by atoms with Crippen LogP contribution in [0, 0.1) is 0 Å². The van der Waals surface area contributed by atoms with E-state index in [-0.39, 0.29) is 5.91 Å². The van der Waals surface area contributed by atoms with Gasteiger partial charge in [0.05, 0.1) is 17.7 Å². The molecular weight excluding hydrogens is 374 g/mol. The monoisotopic (exact) mass is 409 g/mol. The van der Waals surface area contributed by atoms with Gasteiger partial charge in [0.15, 0.2) is 0 Å². The van der Waals surface area contributed by atoms with Crippen LogP contribution in [0.5, 0.6) is 0 Å². The molecule has 0 unspecified atom stereocenters. The molecule has 0 aliphatic rings. The highest BCUT2D eigenvalue weighted by Gasteiger charge is 2.21. The number of nitrogens with zero attached hydrogens (tertiary/aromatic N) is 1. The lowest BCUT2D eigenvalue weighted by Gasteiger charge is -2.18. The van der Waals surface area contributed by atoms with Crippen molar-refractivity contribution in [3.05, 3.63) is 65.7 Å². The molecule has 0 radical (unpaired) electrons. The number of hydrogen-bond acceptors (Lipinski definition) is 3. The van der Waals surface area contributed by atoms with Crippen LogP contribution < -0.4 is 4.90 Å². The molecule has 0 bridgehead atoms. The van der Waals surface area contributed by atoms with Crippen molar-refractivity contribution in [2.75, 3.05) is 18.6 Å². The quantitative estimate of drug-likeness (QED) is 0.275. The SMILES string of the molecule is CCCCCCCCCCCOC(=O)c1ccccc1C(=O)N(C)c1ccccc1. The number of anilines is 1. The van der Waals surface area contributed by atoms with Crippen molar-refractivity contribution in [3.8, 4) is 0 Å². The topological polar surface area (TPSA) is 46.6 Å². The zero-order chi connectivity index (χ0) is 21.6. The molecule has 0 spiro atoms. The second-order valence-electron chi connectivity index (χ2n) is 7.71. The molecule has 0 N–H and O–H groups in total. The number of amides is 1. The third kappa shape index (κ3) is 7.66. The van der Waals surface area contributed by atoms with Gasteiger partial charge in [-0.3, -0.25) is 4.79 Å². The van der Waals surface area contributed by atoms with E-state index < -0.39 is 5.97 Å². The summed E-state index contributed by atoms with van der Waals surface area (Å²) in [5.41, 5.74) is 1.46. The van der Waals surface area contributed by atoms with E-state index in [1.165, 1.54) is 44.9 Å². The molecule has 30 heavy (non-hydrogen) atoms. The van der Waals surface area contributed by atoms with Crippen molar-refractivity contribution in [1.29, 1.82) is 0 Å². The Hall–Kier alpha value is -2.62. The van der Waals surface area contributed by atoms with Gasteiger partial charge in [0.25, 0.3) is 5.91 Å². The van der Waals surface area contributed by atoms with Crippen LogP contribution in [-0.4, -0.2) is 25.5 Å². The first-order valence-corrected chi connectivity index (χ1v) is 11.2. The van der Waals surface area contributed by atoms with Gasteiger partial charge in [-0.1, -0.05) is 88.6 Å². The number of hydrogen-bond donors (Lipinski definition) is 0. The van der Waals surface area contributed by atoms with Crippen LogP contribution in [0.4, 0.5) is 5.69 Å². The van der Waals surface area contributed by atoms with E-state index in [4.69, 9.17) is 4.74 Å². The zero-order valence-electron chi connectivity index (χ0n) is 18.4. The fraction of sp³-hybridized carbons (Fsp3) is 0.462. The Morgan fingerprint density at radius 3 is 1.90 bits per heavy atom. The first kappa shape index (κ1) is 23.7. The largest absolute Gasteiger partial charge is 0.462 e. The van der Waals surface area contributed by atoms with Crippen LogP contribution in [0.3, 0.4) is 0 Å². The van der Waals surface area contributed by atoms with E-state index in [0.717, 1.165) is 18.5 Å². The van der Waals surface area contributed by atoms with E-state index in [9.17, 15) is 9.59 Å². The molecule has 0 saturated carbocycles. The maximum Gasteiger partial charge on any atom is 0.338 e. The average Bonchev–Trinajstić information content (AvgIpc) is 2.79. The number of carbonyl (C=O) groups excluding carboxylic acids is 2. The van der Waals surface area contributed by atoms with Gasteiger partial charge >= 0.3 is 5.97 Å². The van der Waals surface area contributed by atoms with Gasteiger partial charge in [0.1, 0.15) is 0 Å². The van der Waals surface area contributed by atoms with Crippen LogP contribution in [0.15, 0.2) is 54.6 Å². The predicted molar refractivity (Wildman–Crippen MR) is 123 cm³/mol. The summed E-state index contributed by atoms with van der Waals surface area (Å²) in [6, 6.07) is 16.2. The summed E-state index contributed by atoms with van der Waals surface area (Å²) >= 11 is 0. The van der Waals surface area contributed by atoms with Crippen molar-refractivity contribution in [2.45, 2.75) is 64.7 Å². The van der Waals surface area contributed by atoms with E-state index in [0.29, 0.717) is 17.7 Å². The van der Waals surface area contributed by atoms with E-state index in [1.54, 1.807) is 36.2 Å². The molecule has 0 fully saturated rings. The fourth-order valence-corrected chi connectivity index (χ4v) is 3.45. The number of rotatable bonds is 13. The summed E-state index contributed by atoms with van der Waals surface area (Å²) < 4.78 is 5.45. The average molecular weight is 410 g/mol. The Balaban J connectivity index is 1.79. The Morgan fingerprint density at radius 1 is 0.733 bits per heavy atom. The van der Waals surface area contributed by atoms with E-state index in [2.05, 4.69) is 6.92 Å². The lowest BCUT2D eigenvalue weighted by molar-refractivity contribution is 0.0494. The highest BCUT2D eigenvalue weighted by Crippen LogP contribution is 2.18. The predicted octanol–water partition coefficient (Wildman–Crippen LogP) is 6.65. The lowest BCUT2D eigenvalue weighted by atomic mass is 10.1. The molecule has 0 saturated heterocycles. The number of unbranched alkanes of at least 4 members (excludes halogenated alkanes) is 8. The molecule has 0 aromatic heterocycles. The third-order valence-corrected chi connectivity index (χ3v) is 5.31. The summed E-state index contributed by atoms with van der Waals surface area (Å²) in [4.78, 5) is 27.1. The van der Waals surface area contributed by atoms with Gasteiger partial charge in [-0.2, -0.15) is 0 Å². The van der Waals surface area contributed by atoms with E-state index in [1.807, 2.05) is 30.3 Å². The minimum atomic E-state index is -0.431. The van der Waals surface area contributed by atoms with Gasteiger partial charge in [-0.25, -0.2) is 4.79 Å². The van der Waals surface area contributed by atoms with Crippen LogP contribution in [0.25, 0.3) is 0 Å². The smallest absolute Gasteiger partial charge is 0.338 e. The summed E-state index contributed by atoms with van der Waals surface area (Å²) in [7, 11) is 1.71. The number of carbonyl (C=O) groups is 2. The van der Waals surface area contributed by atoms with Gasteiger partial charge in [-0.15, -0.1) is 0 Å².